The number of imide groups is 1. The lowest BCUT2D eigenvalue weighted by Crippen LogP contribution is -2.58. The number of nitrogens with zero attached hydrogens (tertiary/aromatic N) is 1. The standard InChI is InChI=1S/C9H14N2O4/c1-2-6-9(15)10-7(12)5-11(6)4-3-8(13)14/h6H,2-5H2,1H3,(H,13,14)(H,10,12,15). The number of aliphatic carboxylic acids is 1. The molecule has 1 aliphatic rings. The summed E-state index contributed by atoms with van der Waals surface area (Å²) in [4.78, 5) is 34.4. The van der Waals surface area contributed by atoms with Crippen molar-refractivity contribution >= 4 is 17.8 Å². The minimum Gasteiger partial charge on any atom is -0.481 e. The molecule has 0 bridgehead atoms. The summed E-state index contributed by atoms with van der Waals surface area (Å²) < 4.78 is 0. The molecule has 2 N–H and O–H groups in total. The molecule has 1 heterocycles. The van der Waals surface area contributed by atoms with Gasteiger partial charge in [-0.2, -0.15) is 0 Å². The van der Waals surface area contributed by atoms with E-state index >= 15 is 0 Å². The van der Waals surface area contributed by atoms with E-state index in [-0.39, 0.29) is 37.4 Å². The van der Waals surface area contributed by atoms with Gasteiger partial charge in [0.05, 0.1) is 19.0 Å². The lowest BCUT2D eigenvalue weighted by atomic mass is 10.1. The van der Waals surface area contributed by atoms with E-state index < -0.39 is 5.97 Å². The summed E-state index contributed by atoms with van der Waals surface area (Å²) in [6.45, 7) is 2.15. The molecule has 0 saturated carbocycles. The van der Waals surface area contributed by atoms with Gasteiger partial charge in [-0.05, 0) is 6.42 Å². The van der Waals surface area contributed by atoms with Crippen LogP contribution >= 0.6 is 0 Å². The van der Waals surface area contributed by atoms with E-state index in [1.165, 1.54) is 0 Å². The first-order chi connectivity index (χ1) is 7.04. The molecule has 1 rings (SSSR count). The Kier molecular flexibility index (Phi) is 3.79. The van der Waals surface area contributed by atoms with E-state index in [0.717, 1.165) is 0 Å². The third-order valence-corrected chi connectivity index (χ3v) is 2.35. The van der Waals surface area contributed by atoms with Gasteiger partial charge in [-0.15, -0.1) is 0 Å². The zero-order valence-electron chi connectivity index (χ0n) is 8.52. The Balaban J connectivity index is 2.61. The molecule has 1 unspecified atom stereocenters. The molecule has 0 spiro atoms. The molecule has 1 atom stereocenters. The van der Waals surface area contributed by atoms with Crippen molar-refractivity contribution in [2.45, 2.75) is 25.8 Å². The maximum absolute atomic E-state index is 11.4. The molecule has 0 aromatic rings. The van der Waals surface area contributed by atoms with Crippen LogP contribution in [0.1, 0.15) is 19.8 Å². The van der Waals surface area contributed by atoms with Crippen molar-refractivity contribution in [2.24, 2.45) is 0 Å². The van der Waals surface area contributed by atoms with Crippen molar-refractivity contribution < 1.29 is 19.5 Å². The van der Waals surface area contributed by atoms with Crippen LogP contribution < -0.4 is 5.32 Å². The smallest absolute Gasteiger partial charge is 0.304 e. The van der Waals surface area contributed by atoms with Crippen molar-refractivity contribution in [3.8, 4) is 0 Å². The van der Waals surface area contributed by atoms with Crippen LogP contribution in [0, 0.1) is 0 Å². The highest BCUT2D eigenvalue weighted by atomic mass is 16.4. The minimum atomic E-state index is -0.928. The molecule has 1 saturated heterocycles. The van der Waals surface area contributed by atoms with Crippen LogP contribution in [0.15, 0.2) is 0 Å². The number of hydrogen-bond donors (Lipinski definition) is 2. The molecule has 1 fully saturated rings. The average Bonchev–Trinajstić information content (AvgIpc) is 2.13. The Labute approximate surface area is 87.2 Å². The molecule has 6 heteroatoms. The Hall–Kier alpha value is -1.43. The molecule has 2 amide bonds. The lowest BCUT2D eigenvalue weighted by Gasteiger charge is -2.32. The van der Waals surface area contributed by atoms with Crippen molar-refractivity contribution in [3.63, 3.8) is 0 Å². The molecular formula is C9H14N2O4. The number of carbonyl (C=O) groups is 3. The topological polar surface area (TPSA) is 86.7 Å². The molecule has 6 nitrogen and oxygen atoms in total. The lowest BCUT2D eigenvalue weighted by molar-refractivity contribution is -0.143. The van der Waals surface area contributed by atoms with Gasteiger partial charge in [-0.3, -0.25) is 24.6 Å². The summed E-state index contributed by atoms with van der Waals surface area (Å²) in [6.07, 6.45) is 0.510. The molecule has 84 valence electrons. The number of rotatable bonds is 4. The number of nitrogens with one attached hydrogen (secondary N) is 1. The fourth-order valence-corrected chi connectivity index (χ4v) is 1.64. The van der Waals surface area contributed by atoms with Crippen LogP contribution in [-0.4, -0.2) is 46.9 Å². The van der Waals surface area contributed by atoms with Gasteiger partial charge in [-0.1, -0.05) is 6.92 Å². The normalized spacial score (nSPS) is 22.6. The summed E-state index contributed by atoms with van der Waals surface area (Å²) >= 11 is 0. The second kappa shape index (κ2) is 4.88. The van der Waals surface area contributed by atoms with E-state index in [9.17, 15) is 14.4 Å². The maximum Gasteiger partial charge on any atom is 0.304 e. The Bertz CT molecular complexity index is 290. The van der Waals surface area contributed by atoms with Gasteiger partial charge < -0.3 is 5.11 Å². The van der Waals surface area contributed by atoms with Gasteiger partial charge in [0.15, 0.2) is 0 Å². The molecule has 0 aromatic carbocycles. The van der Waals surface area contributed by atoms with Crippen LogP contribution in [0.5, 0.6) is 0 Å². The van der Waals surface area contributed by atoms with E-state index in [1.807, 2.05) is 6.92 Å². The van der Waals surface area contributed by atoms with Crippen LogP contribution in [0.4, 0.5) is 0 Å². The first-order valence-electron chi connectivity index (χ1n) is 4.84. The Morgan fingerprint density at radius 2 is 2.27 bits per heavy atom. The predicted molar refractivity (Wildman–Crippen MR) is 51.1 cm³/mol. The van der Waals surface area contributed by atoms with Gasteiger partial charge in [0.1, 0.15) is 0 Å². The Morgan fingerprint density at radius 3 is 2.80 bits per heavy atom. The number of hydrogen-bond acceptors (Lipinski definition) is 4. The van der Waals surface area contributed by atoms with Gasteiger partial charge in [0.25, 0.3) is 0 Å². The predicted octanol–water partition coefficient (Wildman–Crippen LogP) is -0.802. The minimum absolute atomic E-state index is 0.0585. The number of piperazine rings is 1. The highest BCUT2D eigenvalue weighted by molar-refractivity contribution is 6.01. The van der Waals surface area contributed by atoms with E-state index in [0.29, 0.717) is 6.42 Å². The maximum atomic E-state index is 11.4. The molecule has 0 aliphatic carbocycles. The fraction of sp³-hybridized carbons (Fsp3) is 0.667. The summed E-state index contributed by atoms with van der Waals surface area (Å²) in [5.41, 5.74) is 0. The molecule has 15 heavy (non-hydrogen) atoms. The van der Waals surface area contributed by atoms with Crippen molar-refractivity contribution in [2.75, 3.05) is 13.1 Å². The largest absolute Gasteiger partial charge is 0.481 e. The fourth-order valence-electron chi connectivity index (χ4n) is 1.64. The Morgan fingerprint density at radius 1 is 1.60 bits per heavy atom. The molecular weight excluding hydrogens is 200 g/mol. The van der Waals surface area contributed by atoms with E-state index in [4.69, 9.17) is 5.11 Å². The van der Waals surface area contributed by atoms with Crippen LogP contribution in [0.2, 0.25) is 0 Å². The second-order valence-electron chi connectivity index (χ2n) is 3.45. The zero-order chi connectivity index (χ0) is 11.4. The van der Waals surface area contributed by atoms with Gasteiger partial charge >= 0.3 is 5.97 Å². The summed E-state index contributed by atoms with van der Waals surface area (Å²) in [7, 11) is 0. The number of carboxylic acid groups (broad SMARTS) is 1. The monoisotopic (exact) mass is 214 g/mol. The van der Waals surface area contributed by atoms with E-state index in [1.54, 1.807) is 4.90 Å². The molecule has 1 aliphatic heterocycles. The van der Waals surface area contributed by atoms with Gasteiger partial charge in [-0.25, -0.2) is 0 Å². The summed E-state index contributed by atoms with van der Waals surface area (Å²) in [5.74, 6) is -1.63. The van der Waals surface area contributed by atoms with Crippen LogP contribution in [0.25, 0.3) is 0 Å². The quantitative estimate of drug-likeness (QED) is 0.598. The highest BCUT2D eigenvalue weighted by Gasteiger charge is 2.32. The van der Waals surface area contributed by atoms with Crippen LogP contribution in [0.3, 0.4) is 0 Å². The zero-order valence-corrected chi connectivity index (χ0v) is 8.52. The molecule has 0 aromatic heterocycles. The number of amides is 2. The van der Waals surface area contributed by atoms with E-state index in [2.05, 4.69) is 5.32 Å². The third-order valence-electron chi connectivity index (χ3n) is 2.35. The van der Waals surface area contributed by atoms with Crippen molar-refractivity contribution in [1.82, 2.24) is 10.2 Å². The van der Waals surface area contributed by atoms with Crippen molar-refractivity contribution in [3.05, 3.63) is 0 Å². The summed E-state index contributed by atoms with van der Waals surface area (Å²) in [6, 6.07) is -0.387. The average molecular weight is 214 g/mol. The highest BCUT2D eigenvalue weighted by Crippen LogP contribution is 2.09. The summed E-state index contributed by atoms with van der Waals surface area (Å²) in [5, 5.41) is 10.8. The van der Waals surface area contributed by atoms with Crippen molar-refractivity contribution in [1.29, 1.82) is 0 Å². The number of carboxylic acids is 1. The van der Waals surface area contributed by atoms with Gasteiger partial charge in [0, 0.05) is 6.54 Å². The van der Waals surface area contributed by atoms with Gasteiger partial charge in [0.2, 0.25) is 11.8 Å². The first-order valence-corrected chi connectivity index (χ1v) is 4.84. The third kappa shape index (κ3) is 3.02. The van der Waals surface area contributed by atoms with Crippen LogP contribution in [-0.2, 0) is 14.4 Å². The number of carbonyl (C=O) groups excluding carboxylic acids is 2. The SMILES string of the molecule is CCC1C(=O)NC(=O)CN1CCC(=O)O. The molecule has 0 radical (unpaired) electrons. The first kappa shape index (κ1) is 11.6. The second-order valence-corrected chi connectivity index (χ2v) is 3.45.